The highest BCUT2D eigenvalue weighted by molar-refractivity contribution is 5.21. The molecule has 2 aromatic rings. The van der Waals surface area contributed by atoms with E-state index in [4.69, 9.17) is 0 Å². The molecule has 0 saturated carbocycles. The molecule has 14 heavy (non-hydrogen) atoms. The third-order valence-electron chi connectivity index (χ3n) is 2.21. The summed E-state index contributed by atoms with van der Waals surface area (Å²) in [6.07, 6.45) is 4.73. The first-order chi connectivity index (χ1) is 6.81. The number of nitrogens with one attached hydrogen (secondary N) is 1. The molecular weight excluding hydrogens is 178 g/mol. The summed E-state index contributed by atoms with van der Waals surface area (Å²) in [7, 11) is 0. The van der Waals surface area contributed by atoms with Gasteiger partial charge < -0.3 is 10.1 Å². The molecule has 2 rings (SSSR count). The van der Waals surface area contributed by atoms with Crippen LogP contribution in [-0.4, -0.2) is 19.9 Å². The van der Waals surface area contributed by atoms with Crippen LogP contribution in [0.4, 0.5) is 0 Å². The second-order valence-electron chi connectivity index (χ2n) is 3.16. The third-order valence-corrected chi connectivity index (χ3v) is 2.21. The van der Waals surface area contributed by atoms with Crippen LogP contribution in [0, 0.1) is 0 Å². The van der Waals surface area contributed by atoms with E-state index in [9.17, 15) is 5.11 Å². The molecule has 74 valence electrons. The Morgan fingerprint density at radius 1 is 1.64 bits per heavy atom. The molecule has 0 amide bonds. The number of aliphatic hydroxyl groups excluding tert-OH is 1. The maximum absolute atomic E-state index is 9.91. The van der Waals surface area contributed by atoms with Gasteiger partial charge in [-0.2, -0.15) is 5.10 Å². The van der Waals surface area contributed by atoms with Gasteiger partial charge in [0.05, 0.1) is 6.20 Å². The minimum Gasteiger partial charge on any atom is -0.382 e. The average molecular weight is 191 g/mol. The van der Waals surface area contributed by atoms with Gasteiger partial charge in [0.1, 0.15) is 6.10 Å². The molecular formula is C10H13N3O. The van der Waals surface area contributed by atoms with Crippen molar-refractivity contribution >= 4 is 0 Å². The standard InChI is InChI=1S/C10H13N3O/c1-2-13-7-8(6-12-13)10(14)9-4-3-5-11-9/h3-7,10-11,14H,2H2,1H3. The van der Waals surface area contributed by atoms with E-state index in [1.54, 1.807) is 17.1 Å². The lowest BCUT2D eigenvalue weighted by atomic mass is 10.1. The number of rotatable bonds is 3. The van der Waals surface area contributed by atoms with Gasteiger partial charge in [0.25, 0.3) is 0 Å². The average Bonchev–Trinajstić information content (AvgIpc) is 2.88. The van der Waals surface area contributed by atoms with Crippen LogP contribution in [-0.2, 0) is 6.54 Å². The number of aryl methyl sites for hydroxylation is 1. The van der Waals surface area contributed by atoms with Crippen LogP contribution in [0.3, 0.4) is 0 Å². The quantitative estimate of drug-likeness (QED) is 0.768. The summed E-state index contributed by atoms with van der Waals surface area (Å²) >= 11 is 0. The maximum atomic E-state index is 9.91. The summed E-state index contributed by atoms with van der Waals surface area (Å²) in [5.74, 6) is 0. The van der Waals surface area contributed by atoms with E-state index >= 15 is 0 Å². The Bertz CT molecular complexity index is 391. The van der Waals surface area contributed by atoms with Crippen molar-refractivity contribution in [1.82, 2.24) is 14.8 Å². The van der Waals surface area contributed by atoms with Gasteiger partial charge in [-0.05, 0) is 19.1 Å². The lowest BCUT2D eigenvalue weighted by Crippen LogP contribution is -1.98. The zero-order valence-corrected chi connectivity index (χ0v) is 8.01. The van der Waals surface area contributed by atoms with Crippen molar-refractivity contribution in [1.29, 1.82) is 0 Å². The second-order valence-corrected chi connectivity index (χ2v) is 3.16. The lowest BCUT2D eigenvalue weighted by molar-refractivity contribution is 0.216. The molecule has 0 aliphatic carbocycles. The molecule has 0 radical (unpaired) electrons. The van der Waals surface area contributed by atoms with Crippen LogP contribution in [0.2, 0.25) is 0 Å². The van der Waals surface area contributed by atoms with Gasteiger partial charge in [-0.25, -0.2) is 0 Å². The molecule has 4 nitrogen and oxygen atoms in total. The monoisotopic (exact) mass is 191 g/mol. The van der Waals surface area contributed by atoms with Crippen LogP contribution in [0.25, 0.3) is 0 Å². The maximum Gasteiger partial charge on any atom is 0.122 e. The van der Waals surface area contributed by atoms with Crippen LogP contribution < -0.4 is 0 Å². The van der Waals surface area contributed by atoms with E-state index in [0.717, 1.165) is 17.8 Å². The molecule has 1 atom stereocenters. The summed E-state index contributed by atoms with van der Waals surface area (Å²) in [6, 6.07) is 3.72. The highest BCUT2D eigenvalue weighted by Crippen LogP contribution is 2.19. The van der Waals surface area contributed by atoms with Gasteiger partial charge in [-0.15, -0.1) is 0 Å². The van der Waals surface area contributed by atoms with Crippen LogP contribution in [0.15, 0.2) is 30.7 Å². The Morgan fingerprint density at radius 3 is 3.07 bits per heavy atom. The molecule has 0 fully saturated rings. The first-order valence-corrected chi connectivity index (χ1v) is 4.65. The minimum absolute atomic E-state index is 0.606. The van der Waals surface area contributed by atoms with E-state index in [0.29, 0.717) is 0 Å². The molecule has 4 heteroatoms. The van der Waals surface area contributed by atoms with E-state index < -0.39 is 6.10 Å². The molecule has 1 unspecified atom stereocenters. The topological polar surface area (TPSA) is 53.8 Å². The number of aliphatic hydroxyl groups is 1. The number of aromatic nitrogens is 3. The molecule has 0 bridgehead atoms. The van der Waals surface area contributed by atoms with Crippen molar-refractivity contribution in [3.05, 3.63) is 42.0 Å². The SMILES string of the molecule is CCn1cc(C(O)c2ccc[nH]2)cn1. The van der Waals surface area contributed by atoms with Gasteiger partial charge in [0.2, 0.25) is 0 Å². The summed E-state index contributed by atoms with van der Waals surface area (Å²) in [4.78, 5) is 2.98. The van der Waals surface area contributed by atoms with Crippen LogP contribution >= 0.6 is 0 Å². The Morgan fingerprint density at radius 2 is 2.50 bits per heavy atom. The number of hydrogen-bond donors (Lipinski definition) is 2. The van der Waals surface area contributed by atoms with Crippen molar-refractivity contribution in [2.75, 3.05) is 0 Å². The Balaban J connectivity index is 2.23. The first kappa shape index (κ1) is 9.02. The van der Waals surface area contributed by atoms with Crippen molar-refractivity contribution in [2.24, 2.45) is 0 Å². The smallest absolute Gasteiger partial charge is 0.122 e. The van der Waals surface area contributed by atoms with Gasteiger partial charge in [-0.3, -0.25) is 4.68 Å². The van der Waals surface area contributed by atoms with E-state index in [-0.39, 0.29) is 0 Å². The van der Waals surface area contributed by atoms with Crippen molar-refractivity contribution in [2.45, 2.75) is 19.6 Å². The predicted octanol–water partition coefficient (Wildman–Crippen LogP) is 1.31. The molecule has 0 aliphatic heterocycles. The number of aromatic amines is 1. The molecule has 0 saturated heterocycles. The van der Waals surface area contributed by atoms with E-state index in [2.05, 4.69) is 10.1 Å². The Hall–Kier alpha value is -1.55. The Labute approximate surface area is 82.2 Å². The van der Waals surface area contributed by atoms with Gasteiger partial charge in [-0.1, -0.05) is 0 Å². The fourth-order valence-electron chi connectivity index (χ4n) is 1.39. The van der Waals surface area contributed by atoms with Gasteiger partial charge in [0.15, 0.2) is 0 Å². The summed E-state index contributed by atoms with van der Waals surface area (Å²) in [5, 5.41) is 14.0. The van der Waals surface area contributed by atoms with Crippen molar-refractivity contribution in [3.8, 4) is 0 Å². The Kier molecular flexibility index (Phi) is 2.37. The molecule has 2 aromatic heterocycles. The minimum atomic E-state index is -0.606. The number of nitrogens with zero attached hydrogens (tertiary/aromatic N) is 2. The summed E-state index contributed by atoms with van der Waals surface area (Å²) in [6.45, 7) is 2.83. The molecule has 0 aromatic carbocycles. The first-order valence-electron chi connectivity index (χ1n) is 4.65. The van der Waals surface area contributed by atoms with E-state index in [1.807, 2.05) is 25.3 Å². The van der Waals surface area contributed by atoms with Gasteiger partial charge >= 0.3 is 0 Å². The summed E-state index contributed by atoms with van der Waals surface area (Å²) in [5.41, 5.74) is 1.61. The van der Waals surface area contributed by atoms with Crippen LogP contribution in [0.5, 0.6) is 0 Å². The molecule has 0 aliphatic rings. The van der Waals surface area contributed by atoms with E-state index in [1.165, 1.54) is 0 Å². The normalized spacial score (nSPS) is 13.0. The highest BCUT2D eigenvalue weighted by atomic mass is 16.3. The van der Waals surface area contributed by atoms with Crippen molar-refractivity contribution < 1.29 is 5.11 Å². The number of H-pyrrole nitrogens is 1. The zero-order chi connectivity index (χ0) is 9.97. The predicted molar refractivity (Wildman–Crippen MR) is 52.8 cm³/mol. The van der Waals surface area contributed by atoms with Crippen molar-refractivity contribution in [3.63, 3.8) is 0 Å². The zero-order valence-electron chi connectivity index (χ0n) is 8.01. The van der Waals surface area contributed by atoms with Crippen LogP contribution in [0.1, 0.15) is 24.3 Å². The van der Waals surface area contributed by atoms with Gasteiger partial charge in [0, 0.05) is 30.2 Å². The molecule has 0 spiro atoms. The fourth-order valence-corrected chi connectivity index (χ4v) is 1.39. The number of hydrogen-bond acceptors (Lipinski definition) is 2. The lowest BCUT2D eigenvalue weighted by Gasteiger charge is -2.04. The highest BCUT2D eigenvalue weighted by Gasteiger charge is 2.12. The largest absolute Gasteiger partial charge is 0.382 e. The molecule has 2 heterocycles. The summed E-state index contributed by atoms with van der Waals surface area (Å²) < 4.78 is 1.79. The second kappa shape index (κ2) is 3.67. The third kappa shape index (κ3) is 1.56. The fraction of sp³-hybridized carbons (Fsp3) is 0.300. The molecule has 2 N–H and O–H groups in total.